The molecule has 40 heavy (non-hydrogen) atoms. The third kappa shape index (κ3) is 6.28. The first-order valence-corrected chi connectivity index (χ1v) is 15.2. The number of ether oxygens (including phenoxy) is 1. The van der Waals surface area contributed by atoms with Crippen molar-refractivity contribution < 1.29 is 23.1 Å². The van der Waals surface area contributed by atoms with E-state index in [1.165, 1.54) is 10.8 Å². The second kappa shape index (κ2) is 11.2. The van der Waals surface area contributed by atoms with Crippen LogP contribution in [0.4, 0.5) is 21.9 Å². The van der Waals surface area contributed by atoms with Gasteiger partial charge >= 0.3 is 6.09 Å². The van der Waals surface area contributed by atoms with Crippen molar-refractivity contribution in [2.24, 2.45) is 0 Å². The highest BCUT2D eigenvalue weighted by Crippen LogP contribution is 2.40. The number of hydrogen-bond acceptors (Lipinski definition) is 9. The van der Waals surface area contributed by atoms with Gasteiger partial charge in [0, 0.05) is 37.5 Å². The van der Waals surface area contributed by atoms with Crippen LogP contribution in [0.5, 0.6) is 0 Å². The topological polar surface area (TPSA) is 135 Å². The van der Waals surface area contributed by atoms with Crippen molar-refractivity contribution in [3.8, 4) is 0 Å². The van der Waals surface area contributed by atoms with E-state index in [4.69, 9.17) is 4.74 Å². The molecule has 3 aromatic rings. The molecule has 1 aliphatic rings. The Morgan fingerprint density at radius 2 is 1.90 bits per heavy atom. The maximum Gasteiger partial charge on any atom is 0.414 e. The number of anilines is 3. The first-order valence-electron chi connectivity index (χ1n) is 13.3. The van der Waals surface area contributed by atoms with E-state index in [1.807, 2.05) is 50.8 Å². The second-order valence-electron chi connectivity index (χ2n) is 11.3. The highest BCUT2D eigenvalue weighted by atomic mass is 32.2. The van der Waals surface area contributed by atoms with Crippen molar-refractivity contribution in [2.45, 2.75) is 77.3 Å². The smallest absolute Gasteiger partial charge is 0.414 e. The number of hydrogen-bond donors (Lipinski definition) is 1. The molecule has 0 bridgehead atoms. The van der Waals surface area contributed by atoms with E-state index in [-0.39, 0.29) is 22.9 Å². The monoisotopic (exact) mass is 571 g/mol. The predicted molar refractivity (Wildman–Crippen MR) is 154 cm³/mol. The molecule has 2 aromatic heterocycles. The van der Waals surface area contributed by atoms with Gasteiger partial charge in [-0.25, -0.2) is 18.2 Å². The van der Waals surface area contributed by atoms with Gasteiger partial charge in [-0.2, -0.15) is 4.98 Å². The molecule has 1 aromatic carbocycles. The number of rotatable bonds is 7. The number of carbonyl (C=O) groups is 1. The van der Waals surface area contributed by atoms with Crippen LogP contribution in [0, 0.1) is 6.92 Å². The summed E-state index contributed by atoms with van der Waals surface area (Å²) in [4.78, 5) is 38.9. The fraction of sp³-hybridized carbons (Fsp3) is 0.500. The number of aliphatic hydroxyl groups is 1. The molecule has 1 aliphatic heterocycles. The Balaban J connectivity index is 1.84. The fourth-order valence-corrected chi connectivity index (χ4v) is 5.31. The Labute approximate surface area is 234 Å². The molecular formula is C28H37N5O6S. The number of nitrogens with zero attached hydrogens (tertiary/aromatic N) is 5. The summed E-state index contributed by atoms with van der Waals surface area (Å²) in [5.74, 6) is 0. The second-order valence-corrected chi connectivity index (χ2v) is 13.2. The molecule has 0 radical (unpaired) electrons. The summed E-state index contributed by atoms with van der Waals surface area (Å²) in [6.45, 7) is 9.98. The average molecular weight is 572 g/mol. The molecule has 12 heteroatoms. The van der Waals surface area contributed by atoms with Gasteiger partial charge in [0.25, 0.3) is 5.56 Å². The number of pyridine rings is 1. The number of aryl methyl sites for hydroxylation is 2. The Morgan fingerprint density at radius 1 is 1.18 bits per heavy atom. The number of fused-ring (bicyclic) bond motifs is 2. The molecule has 1 N–H and O–H groups in total. The van der Waals surface area contributed by atoms with Gasteiger partial charge in [0.1, 0.15) is 16.9 Å². The summed E-state index contributed by atoms with van der Waals surface area (Å²) in [7, 11) is -3.69. The normalized spacial score (nSPS) is 14.8. The minimum Gasteiger partial charge on any atom is -0.443 e. The number of carbonyl (C=O) groups excluding carboxylic acids is 1. The minimum atomic E-state index is -3.69. The van der Waals surface area contributed by atoms with Crippen LogP contribution in [0.3, 0.4) is 0 Å². The van der Waals surface area contributed by atoms with E-state index in [2.05, 4.69) is 9.97 Å². The Hall–Kier alpha value is -3.51. The molecule has 0 saturated heterocycles. The van der Waals surface area contributed by atoms with Crippen molar-refractivity contribution in [1.82, 2.24) is 14.5 Å². The van der Waals surface area contributed by atoms with Crippen LogP contribution in [0.25, 0.3) is 11.0 Å². The van der Waals surface area contributed by atoms with Crippen LogP contribution >= 0.6 is 0 Å². The number of sulfone groups is 1. The van der Waals surface area contributed by atoms with Crippen LogP contribution in [-0.4, -0.2) is 65.2 Å². The van der Waals surface area contributed by atoms with E-state index >= 15 is 0 Å². The Kier molecular flexibility index (Phi) is 8.23. The third-order valence-electron chi connectivity index (χ3n) is 6.60. The molecule has 4 rings (SSSR count). The summed E-state index contributed by atoms with van der Waals surface area (Å²) >= 11 is 0. The fourth-order valence-electron chi connectivity index (χ4n) is 4.81. The molecule has 1 unspecified atom stereocenters. The van der Waals surface area contributed by atoms with E-state index in [0.29, 0.717) is 54.8 Å². The zero-order valence-corrected chi connectivity index (χ0v) is 24.7. The number of amides is 1. The molecule has 0 aliphatic carbocycles. The molecule has 216 valence electrons. The Morgan fingerprint density at radius 3 is 2.55 bits per heavy atom. The quantitative estimate of drug-likeness (QED) is 0.330. The lowest BCUT2D eigenvalue weighted by molar-refractivity contribution is 0.0580. The summed E-state index contributed by atoms with van der Waals surface area (Å²) < 4.78 is 31.5. The molecule has 1 atom stereocenters. The van der Waals surface area contributed by atoms with Crippen LogP contribution < -0.4 is 15.4 Å². The summed E-state index contributed by atoms with van der Waals surface area (Å²) in [6, 6.07) is 7.31. The number of aromatic nitrogens is 3. The van der Waals surface area contributed by atoms with Gasteiger partial charge in [0.2, 0.25) is 15.0 Å². The Bertz CT molecular complexity index is 1590. The van der Waals surface area contributed by atoms with Gasteiger partial charge in [-0.15, -0.1) is 0 Å². The van der Waals surface area contributed by atoms with Crippen molar-refractivity contribution in [3.63, 3.8) is 0 Å². The van der Waals surface area contributed by atoms with Crippen molar-refractivity contribution in [2.75, 3.05) is 29.1 Å². The summed E-state index contributed by atoms with van der Waals surface area (Å²) in [5, 5.41) is 9.82. The van der Waals surface area contributed by atoms with E-state index in [0.717, 1.165) is 11.8 Å². The molecule has 3 heterocycles. The number of para-hydroxylation sites is 1. The molecule has 11 nitrogen and oxygen atoms in total. The zero-order valence-electron chi connectivity index (χ0n) is 23.8. The van der Waals surface area contributed by atoms with Gasteiger partial charge in [-0.05, 0) is 71.6 Å². The zero-order chi connectivity index (χ0) is 29.4. The molecule has 0 saturated carbocycles. The number of unbranched alkanes of at least 4 members (excludes halogenated alkanes) is 1. The molecule has 0 fully saturated rings. The SMILES string of the molecule is Cc1cccc2c1N(C(=O)OC(C)(C)C)CCN2c1cc2cnc(S(C)(=O)=O)nc2n(CCCCC(C)O)c1=O. The standard InChI is InChI=1S/C28H37N5O6S/c1-18-10-9-12-21-23(18)32(27(36)39-28(3,4)5)15-14-31(21)22-16-20-17-29-26(40(6,37)38)30-24(20)33(25(22)35)13-8-7-11-19(2)34/h9-10,12,16-17,19,34H,7-8,11,13-15H2,1-6H3. The van der Waals surface area contributed by atoms with E-state index in [1.54, 1.807) is 17.9 Å². The molecular weight excluding hydrogens is 534 g/mol. The lowest BCUT2D eigenvalue weighted by Gasteiger charge is -2.39. The van der Waals surface area contributed by atoms with Crippen LogP contribution in [0.2, 0.25) is 0 Å². The van der Waals surface area contributed by atoms with Gasteiger partial charge < -0.3 is 14.7 Å². The maximum atomic E-state index is 14.0. The van der Waals surface area contributed by atoms with Gasteiger partial charge in [0.05, 0.1) is 17.5 Å². The largest absolute Gasteiger partial charge is 0.443 e. The summed E-state index contributed by atoms with van der Waals surface area (Å²) in [5.41, 5.74) is 1.81. The first-order chi connectivity index (χ1) is 18.7. The van der Waals surface area contributed by atoms with Crippen molar-refractivity contribution >= 4 is 44.0 Å². The number of benzene rings is 1. The van der Waals surface area contributed by atoms with Crippen molar-refractivity contribution in [1.29, 1.82) is 0 Å². The highest BCUT2D eigenvalue weighted by molar-refractivity contribution is 7.90. The van der Waals surface area contributed by atoms with Crippen molar-refractivity contribution in [3.05, 3.63) is 46.4 Å². The van der Waals surface area contributed by atoms with Gasteiger partial charge in [-0.1, -0.05) is 12.1 Å². The maximum absolute atomic E-state index is 14.0. The average Bonchev–Trinajstić information content (AvgIpc) is 2.85. The van der Waals surface area contributed by atoms with E-state index < -0.39 is 27.6 Å². The van der Waals surface area contributed by atoms with Gasteiger partial charge in [-0.3, -0.25) is 14.3 Å². The summed E-state index contributed by atoms with van der Waals surface area (Å²) in [6.07, 6.45) is 3.37. The van der Waals surface area contributed by atoms with E-state index in [9.17, 15) is 23.1 Å². The lowest BCUT2D eigenvalue weighted by atomic mass is 10.1. The molecule has 1 amide bonds. The van der Waals surface area contributed by atoms with Crippen LogP contribution in [0.1, 0.15) is 52.5 Å². The highest BCUT2D eigenvalue weighted by Gasteiger charge is 2.33. The van der Waals surface area contributed by atoms with Crippen LogP contribution in [-0.2, 0) is 21.1 Å². The molecule has 0 spiro atoms. The first kappa shape index (κ1) is 29.5. The number of aliphatic hydroxyl groups excluding tert-OH is 1. The van der Waals surface area contributed by atoms with Crippen LogP contribution in [0.15, 0.2) is 40.4 Å². The third-order valence-corrected chi connectivity index (χ3v) is 7.46. The minimum absolute atomic E-state index is 0.234. The predicted octanol–water partition coefficient (Wildman–Crippen LogP) is 3.95. The van der Waals surface area contributed by atoms with Gasteiger partial charge in [0.15, 0.2) is 0 Å². The lowest BCUT2D eigenvalue weighted by Crippen LogP contribution is -2.46.